The third-order valence-electron chi connectivity index (χ3n) is 3.84. The van der Waals surface area contributed by atoms with E-state index in [1.165, 1.54) is 48.1 Å². The van der Waals surface area contributed by atoms with E-state index in [0.29, 0.717) is 0 Å². The molecule has 1 saturated heterocycles. The van der Waals surface area contributed by atoms with E-state index in [2.05, 4.69) is 37.6 Å². The third-order valence-corrected chi connectivity index (χ3v) is 5.76. The standard InChI is InChI=1S/C13H19BrN2S/c14-12-5-8-17-13(12)9-15-10-3-6-16(7-4-10)11-1-2-11/h5,8,10-11,15H,1-4,6-7,9H2. The van der Waals surface area contributed by atoms with Crippen LogP contribution in [0, 0.1) is 0 Å². The van der Waals surface area contributed by atoms with Crippen LogP contribution in [-0.2, 0) is 6.54 Å². The van der Waals surface area contributed by atoms with Crippen LogP contribution in [0.2, 0.25) is 0 Å². The number of nitrogens with one attached hydrogen (secondary N) is 1. The van der Waals surface area contributed by atoms with Crippen molar-refractivity contribution in [3.63, 3.8) is 0 Å². The molecule has 2 nitrogen and oxygen atoms in total. The maximum atomic E-state index is 3.70. The van der Waals surface area contributed by atoms with Crippen LogP contribution in [0.15, 0.2) is 15.9 Å². The molecule has 2 fully saturated rings. The second-order valence-corrected chi connectivity index (χ2v) is 6.97. The van der Waals surface area contributed by atoms with Crippen LogP contribution in [-0.4, -0.2) is 30.1 Å². The summed E-state index contributed by atoms with van der Waals surface area (Å²) < 4.78 is 1.26. The van der Waals surface area contributed by atoms with Gasteiger partial charge in [-0.15, -0.1) is 11.3 Å². The van der Waals surface area contributed by atoms with Gasteiger partial charge in [0.2, 0.25) is 0 Å². The summed E-state index contributed by atoms with van der Waals surface area (Å²) in [5.41, 5.74) is 0. The Morgan fingerprint density at radius 2 is 2.06 bits per heavy atom. The van der Waals surface area contributed by atoms with Gasteiger partial charge in [0.1, 0.15) is 0 Å². The Balaban J connectivity index is 1.43. The molecule has 0 bridgehead atoms. The molecule has 17 heavy (non-hydrogen) atoms. The highest BCUT2D eigenvalue weighted by Crippen LogP contribution is 2.29. The van der Waals surface area contributed by atoms with Crippen molar-refractivity contribution in [2.45, 2.75) is 44.3 Å². The van der Waals surface area contributed by atoms with Gasteiger partial charge in [-0.3, -0.25) is 0 Å². The van der Waals surface area contributed by atoms with Crippen molar-refractivity contribution in [2.75, 3.05) is 13.1 Å². The van der Waals surface area contributed by atoms with Gasteiger partial charge in [-0.2, -0.15) is 0 Å². The largest absolute Gasteiger partial charge is 0.309 e. The van der Waals surface area contributed by atoms with Crippen LogP contribution >= 0.6 is 27.3 Å². The molecule has 1 aromatic heterocycles. The summed E-state index contributed by atoms with van der Waals surface area (Å²) in [5.74, 6) is 0. The Hall–Kier alpha value is 0.1000. The Kier molecular flexibility index (Phi) is 3.85. The molecule has 3 rings (SSSR count). The lowest BCUT2D eigenvalue weighted by molar-refractivity contribution is 0.189. The Morgan fingerprint density at radius 3 is 2.65 bits per heavy atom. The first kappa shape index (κ1) is 12.2. The number of hydrogen-bond acceptors (Lipinski definition) is 3. The molecular weight excluding hydrogens is 296 g/mol. The van der Waals surface area contributed by atoms with Gasteiger partial charge in [-0.25, -0.2) is 0 Å². The minimum absolute atomic E-state index is 0.721. The zero-order chi connectivity index (χ0) is 11.7. The Morgan fingerprint density at radius 1 is 1.29 bits per heavy atom. The van der Waals surface area contributed by atoms with Crippen LogP contribution in [0.4, 0.5) is 0 Å². The number of rotatable bonds is 4. The molecule has 0 unspecified atom stereocenters. The molecule has 0 aromatic carbocycles. The van der Waals surface area contributed by atoms with Crippen LogP contribution in [0.5, 0.6) is 0 Å². The number of nitrogens with zero attached hydrogens (tertiary/aromatic N) is 1. The quantitative estimate of drug-likeness (QED) is 0.918. The number of thiophene rings is 1. The average molecular weight is 315 g/mol. The van der Waals surface area contributed by atoms with Crippen molar-refractivity contribution in [1.82, 2.24) is 10.2 Å². The van der Waals surface area contributed by atoms with Gasteiger partial charge in [0.25, 0.3) is 0 Å². The van der Waals surface area contributed by atoms with Crippen LogP contribution < -0.4 is 5.32 Å². The van der Waals surface area contributed by atoms with Crippen molar-refractivity contribution in [1.29, 1.82) is 0 Å². The summed E-state index contributed by atoms with van der Waals surface area (Å²) in [6.45, 7) is 3.62. The van der Waals surface area contributed by atoms with E-state index in [9.17, 15) is 0 Å². The molecule has 0 spiro atoms. The molecule has 0 radical (unpaired) electrons. The maximum absolute atomic E-state index is 3.70. The fourth-order valence-electron chi connectivity index (χ4n) is 2.60. The molecule has 0 amide bonds. The molecule has 4 heteroatoms. The molecular formula is C13H19BrN2S. The van der Waals surface area contributed by atoms with E-state index in [0.717, 1.165) is 18.6 Å². The minimum Gasteiger partial charge on any atom is -0.309 e. The predicted octanol–water partition coefficient (Wildman–Crippen LogP) is 3.23. The molecule has 1 saturated carbocycles. The van der Waals surface area contributed by atoms with Crippen LogP contribution in [0.25, 0.3) is 0 Å². The van der Waals surface area contributed by atoms with Gasteiger partial charge < -0.3 is 10.2 Å². The first-order valence-corrected chi connectivity index (χ1v) is 8.19. The second-order valence-electron chi connectivity index (χ2n) is 5.11. The smallest absolute Gasteiger partial charge is 0.0327 e. The number of likely N-dealkylation sites (tertiary alicyclic amines) is 1. The summed E-state index contributed by atoms with van der Waals surface area (Å²) in [7, 11) is 0. The summed E-state index contributed by atoms with van der Waals surface area (Å²) in [6.07, 6.45) is 5.53. The van der Waals surface area contributed by atoms with E-state index in [4.69, 9.17) is 0 Å². The highest BCUT2D eigenvalue weighted by atomic mass is 79.9. The van der Waals surface area contributed by atoms with Crippen LogP contribution in [0.1, 0.15) is 30.6 Å². The van der Waals surface area contributed by atoms with Crippen molar-refractivity contribution >= 4 is 27.3 Å². The molecule has 1 aromatic rings. The van der Waals surface area contributed by atoms with Gasteiger partial charge in [0, 0.05) is 28.0 Å². The van der Waals surface area contributed by atoms with Crippen LogP contribution in [0.3, 0.4) is 0 Å². The Bertz CT molecular complexity index is 367. The topological polar surface area (TPSA) is 15.3 Å². The summed E-state index contributed by atoms with van der Waals surface area (Å²) >= 11 is 5.42. The lowest BCUT2D eigenvalue weighted by Gasteiger charge is -2.32. The zero-order valence-electron chi connectivity index (χ0n) is 9.99. The average Bonchev–Trinajstić information content (AvgIpc) is 3.12. The van der Waals surface area contributed by atoms with E-state index in [1.54, 1.807) is 0 Å². The number of halogens is 1. The van der Waals surface area contributed by atoms with E-state index < -0.39 is 0 Å². The maximum Gasteiger partial charge on any atom is 0.0327 e. The fourth-order valence-corrected chi connectivity index (χ4v) is 4.04. The molecule has 1 aliphatic heterocycles. The van der Waals surface area contributed by atoms with Gasteiger partial charge in [0.05, 0.1) is 0 Å². The first-order chi connectivity index (χ1) is 8.33. The predicted molar refractivity (Wildman–Crippen MR) is 76.5 cm³/mol. The van der Waals surface area contributed by atoms with E-state index >= 15 is 0 Å². The molecule has 94 valence electrons. The summed E-state index contributed by atoms with van der Waals surface area (Å²) in [4.78, 5) is 4.11. The van der Waals surface area contributed by atoms with Crippen molar-refractivity contribution in [2.24, 2.45) is 0 Å². The zero-order valence-corrected chi connectivity index (χ0v) is 12.4. The number of piperidine rings is 1. The SMILES string of the molecule is Brc1ccsc1CNC1CCN(C2CC2)CC1. The van der Waals surface area contributed by atoms with Gasteiger partial charge in [-0.05, 0) is 66.1 Å². The molecule has 0 atom stereocenters. The van der Waals surface area contributed by atoms with Gasteiger partial charge >= 0.3 is 0 Å². The third kappa shape index (κ3) is 3.11. The fraction of sp³-hybridized carbons (Fsp3) is 0.692. The summed E-state index contributed by atoms with van der Waals surface area (Å²) in [5, 5.41) is 5.85. The second kappa shape index (κ2) is 5.39. The van der Waals surface area contributed by atoms with Crippen molar-refractivity contribution < 1.29 is 0 Å². The monoisotopic (exact) mass is 314 g/mol. The minimum atomic E-state index is 0.721. The summed E-state index contributed by atoms with van der Waals surface area (Å²) in [6, 6.07) is 3.80. The molecule has 2 aliphatic rings. The lowest BCUT2D eigenvalue weighted by Crippen LogP contribution is -2.43. The van der Waals surface area contributed by atoms with E-state index in [-0.39, 0.29) is 0 Å². The highest BCUT2D eigenvalue weighted by Gasteiger charge is 2.31. The molecule has 1 N–H and O–H groups in total. The normalized spacial score (nSPS) is 23.1. The first-order valence-electron chi connectivity index (χ1n) is 6.52. The van der Waals surface area contributed by atoms with Gasteiger partial charge in [0.15, 0.2) is 0 Å². The van der Waals surface area contributed by atoms with Crippen molar-refractivity contribution in [3.05, 3.63) is 20.8 Å². The van der Waals surface area contributed by atoms with Gasteiger partial charge in [-0.1, -0.05) is 0 Å². The molecule has 2 heterocycles. The number of hydrogen-bond donors (Lipinski definition) is 1. The lowest BCUT2D eigenvalue weighted by atomic mass is 10.0. The van der Waals surface area contributed by atoms with Crippen molar-refractivity contribution in [3.8, 4) is 0 Å². The highest BCUT2D eigenvalue weighted by molar-refractivity contribution is 9.10. The Labute approximate surface area is 116 Å². The molecule has 1 aliphatic carbocycles. The van der Waals surface area contributed by atoms with E-state index in [1.807, 2.05) is 11.3 Å².